The number of ether oxygens (including phenoxy) is 2. The van der Waals surface area contributed by atoms with Crippen molar-refractivity contribution in [1.29, 1.82) is 0 Å². The lowest BCUT2D eigenvalue weighted by atomic mass is 9.97. The van der Waals surface area contributed by atoms with Crippen molar-refractivity contribution in [2.24, 2.45) is 5.92 Å². The summed E-state index contributed by atoms with van der Waals surface area (Å²) < 4.78 is 10.8. The van der Waals surface area contributed by atoms with Crippen molar-refractivity contribution in [2.45, 2.75) is 26.2 Å². The molecule has 1 heterocycles. The fourth-order valence-electron chi connectivity index (χ4n) is 2.66. The predicted molar refractivity (Wildman–Crippen MR) is 94.6 cm³/mol. The van der Waals surface area contributed by atoms with Crippen LogP contribution in [0.2, 0.25) is 5.02 Å². The molecule has 1 aromatic rings. The Kier molecular flexibility index (Phi) is 9.37. The van der Waals surface area contributed by atoms with E-state index in [9.17, 15) is 4.79 Å². The number of piperidine rings is 1. The molecule has 1 aliphatic heterocycles. The molecule has 0 saturated carbocycles. The van der Waals surface area contributed by atoms with Gasteiger partial charge in [-0.2, -0.15) is 0 Å². The first-order valence-electron chi connectivity index (χ1n) is 7.96. The van der Waals surface area contributed by atoms with Crippen LogP contribution in [0.25, 0.3) is 0 Å². The molecule has 1 aliphatic rings. The molecule has 0 bridgehead atoms. The van der Waals surface area contributed by atoms with E-state index >= 15 is 0 Å². The third-order valence-corrected chi connectivity index (χ3v) is 4.16. The minimum Gasteiger partial charge on any atom is -0.494 e. The highest BCUT2D eigenvalue weighted by Gasteiger charge is 2.25. The van der Waals surface area contributed by atoms with E-state index < -0.39 is 0 Å². The highest BCUT2D eigenvalue weighted by atomic mass is 35.5. The summed E-state index contributed by atoms with van der Waals surface area (Å²) in [5, 5.41) is 0.719. The van der Waals surface area contributed by atoms with Gasteiger partial charge in [-0.3, -0.25) is 4.79 Å². The third kappa shape index (κ3) is 6.98. The summed E-state index contributed by atoms with van der Waals surface area (Å²) in [6, 6.07) is 7.43. The number of nitrogens with zero attached hydrogens (tertiary/aromatic N) is 1. The molecule has 130 valence electrons. The summed E-state index contributed by atoms with van der Waals surface area (Å²) in [6.07, 6.45) is 2.78. The summed E-state index contributed by atoms with van der Waals surface area (Å²) in [5.74, 6) is 0.903. The number of carbonyl (C=O) groups is 1. The maximum atomic E-state index is 11.7. The van der Waals surface area contributed by atoms with E-state index in [4.69, 9.17) is 21.1 Å². The van der Waals surface area contributed by atoms with Crippen molar-refractivity contribution in [3.05, 3.63) is 29.3 Å². The lowest BCUT2D eigenvalue weighted by Gasteiger charge is -2.30. The Bertz CT molecular complexity index is 459. The van der Waals surface area contributed by atoms with E-state index in [2.05, 4.69) is 4.90 Å². The standard InChI is InChI=1S/C17H24ClNO3.ClH/c1-2-21-17(20)14-8-11-19(12-9-14)10-3-13-22-16-6-4-15(18)5-7-16;/h4-7,14H,2-3,8-13H2,1H3;1H. The number of halogens is 2. The predicted octanol–water partition coefficient (Wildman–Crippen LogP) is 3.81. The molecule has 0 atom stereocenters. The molecule has 0 amide bonds. The first-order valence-corrected chi connectivity index (χ1v) is 8.34. The number of esters is 1. The minimum absolute atomic E-state index is 0. The fourth-order valence-corrected chi connectivity index (χ4v) is 2.79. The molecule has 0 N–H and O–H groups in total. The van der Waals surface area contributed by atoms with Crippen LogP contribution in [0.5, 0.6) is 5.75 Å². The second kappa shape index (κ2) is 10.7. The first-order chi connectivity index (χ1) is 10.7. The summed E-state index contributed by atoms with van der Waals surface area (Å²) >= 11 is 5.83. The van der Waals surface area contributed by atoms with Gasteiger partial charge in [0.2, 0.25) is 0 Å². The van der Waals surface area contributed by atoms with Crippen molar-refractivity contribution < 1.29 is 14.3 Å². The average molecular weight is 362 g/mol. The summed E-state index contributed by atoms with van der Waals surface area (Å²) in [6.45, 7) is 5.95. The lowest BCUT2D eigenvalue weighted by molar-refractivity contribution is -0.149. The van der Waals surface area contributed by atoms with Gasteiger partial charge in [-0.05, 0) is 63.5 Å². The van der Waals surface area contributed by atoms with Gasteiger partial charge in [-0.1, -0.05) is 11.6 Å². The largest absolute Gasteiger partial charge is 0.494 e. The number of benzene rings is 1. The van der Waals surface area contributed by atoms with Crippen LogP contribution in [0.15, 0.2) is 24.3 Å². The zero-order valence-corrected chi connectivity index (χ0v) is 15.1. The van der Waals surface area contributed by atoms with Crippen molar-refractivity contribution in [2.75, 3.05) is 32.8 Å². The maximum absolute atomic E-state index is 11.7. The topological polar surface area (TPSA) is 38.8 Å². The Labute approximate surface area is 149 Å². The van der Waals surface area contributed by atoms with Gasteiger partial charge in [0.1, 0.15) is 5.75 Å². The molecule has 0 aromatic heterocycles. The van der Waals surface area contributed by atoms with Crippen molar-refractivity contribution in [3.8, 4) is 5.75 Å². The van der Waals surface area contributed by atoms with Crippen LogP contribution in [0, 0.1) is 5.92 Å². The average Bonchev–Trinajstić information content (AvgIpc) is 2.54. The molecule has 1 fully saturated rings. The second-order valence-electron chi connectivity index (χ2n) is 5.52. The molecule has 0 spiro atoms. The first kappa shape index (κ1) is 20.1. The van der Waals surface area contributed by atoms with Gasteiger partial charge in [0, 0.05) is 11.6 Å². The molecule has 0 radical (unpaired) electrons. The Morgan fingerprint density at radius 3 is 2.52 bits per heavy atom. The Hall–Kier alpha value is -0.970. The monoisotopic (exact) mass is 361 g/mol. The Morgan fingerprint density at radius 1 is 1.26 bits per heavy atom. The minimum atomic E-state index is -0.0341. The Balaban J connectivity index is 0.00000264. The van der Waals surface area contributed by atoms with E-state index in [1.54, 1.807) is 0 Å². The van der Waals surface area contributed by atoms with Crippen LogP contribution in [-0.2, 0) is 9.53 Å². The highest BCUT2D eigenvalue weighted by molar-refractivity contribution is 6.30. The number of hydrogen-bond donors (Lipinski definition) is 0. The third-order valence-electron chi connectivity index (χ3n) is 3.91. The highest BCUT2D eigenvalue weighted by Crippen LogP contribution is 2.19. The SMILES string of the molecule is CCOC(=O)C1CCN(CCCOc2ccc(Cl)cc2)CC1.Cl. The molecule has 6 heteroatoms. The smallest absolute Gasteiger partial charge is 0.309 e. The number of carbonyl (C=O) groups excluding carboxylic acids is 1. The van der Waals surface area contributed by atoms with Crippen LogP contribution in [0.4, 0.5) is 0 Å². The molecule has 0 aliphatic carbocycles. The molecule has 0 unspecified atom stereocenters. The van der Waals surface area contributed by atoms with Crippen LogP contribution >= 0.6 is 24.0 Å². The molecule has 2 rings (SSSR count). The summed E-state index contributed by atoms with van der Waals surface area (Å²) in [4.78, 5) is 14.1. The van der Waals surface area contributed by atoms with Crippen LogP contribution in [0.1, 0.15) is 26.2 Å². The van der Waals surface area contributed by atoms with Gasteiger partial charge in [-0.15, -0.1) is 12.4 Å². The van der Waals surface area contributed by atoms with Gasteiger partial charge >= 0.3 is 5.97 Å². The second-order valence-corrected chi connectivity index (χ2v) is 5.96. The lowest BCUT2D eigenvalue weighted by Crippen LogP contribution is -2.37. The van der Waals surface area contributed by atoms with Gasteiger partial charge in [0.25, 0.3) is 0 Å². The quantitative estimate of drug-likeness (QED) is 0.546. The van der Waals surface area contributed by atoms with Crippen molar-refractivity contribution >= 4 is 30.0 Å². The summed E-state index contributed by atoms with van der Waals surface area (Å²) in [7, 11) is 0. The molecular formula is C17H25Cl2NO3. The van der Waals surface area contributed by atoms with E-state index in [0.717, 1.165) is 49.7 Å². The van der Waals surface area contributed by atoms with Gasteiger partial charge in [-0.25, -0.2) is 0 Å². The van der Waals surface area contributed by atoms with E-state index in [-0.39, 0.29) is 24.3 Å². The number of likely N-dealkylation sites (tertiary alicyclic amines) is 1. The zero-order valence-electron chi connectivity index (χ0n) is 13.5. The van der Waals surface area contributed by atoms with E-state index in [0.29, 0.717) is 13.2 Å². The van der Waals surface area contributed by atoms with Crippen LogP contribution < -0.4 is 4.74 Å². The number of rotatable bonds is 7. The maximum Gasteiger partial charge on any atom is 0.309 e. The summed E-state index contributed by atoms with van der Waals surface area (Å²) in [5.41, 5.74) is 0. The molecule has 4 nitrogen and oxygen atoms in total. The Morgan fingerprint density at radius 2 is 1.91 bits per heavy atom. The van der Waals surface area contributed by atoms with Crippen LogP contribution in [-0.4, -0.2) is 43.7 Å². The molecule has 1 saturated heterocycles. The van der Waals surface area contributed by atoms with Crippen molar-refractivity contribution in [1.82, 2.24) is 4.90 Å². The van der Waals surface area contributed by atoms with E-state index in [1.807, 2.05) is 31.2 Å². The van der Waals surface area contributed by atoms with Crippen molar-refractivity contribution in [3.63, 3.8) is 0 Å². The molecular weight excluding hydrogens is 337 g/mol. The molecule has 23 heavy (non-hydrogen) atoms. The van der Waals surface area contributed by atoms with E-state index in [1.165, 1.54) is 0 Å². The zero-order chi connectivity index (χ0) is 15.8. The van der Waals surface area contributed by atoms with Crippen LogP contribution in [0.3, 0.4) is 0 Å². The number of hydrogen-bond acceptors (Lipinski definition) is 4. The fraction of sp³-hybridized carbons (Fsp3) is 0.588. The van der Waals surface area contributed by atoms with Gasteiger partial charge in [0.05, 0.1) is 19.1 Å². The van der Waals surface area contributed by atoms with Gasteiger partial charge < -0.3 is 14.4 Å². The van der Waals surface area contributed by atoms with Gasteiger partial charge in [0.15, 0.2) is 0 Å². The normalized spacial score (nSPS) is 15.7. The molecule has 1 aromatic carbocycles.